The number of benzene rings is 1. The van der Waals surface area contributed by atoms with Gasteiger partial charge in [0.15, 0.2) is 17.3 Å². The maximum Gasteiger partial charge on any atom is 0.231 e. The number of carbonyl (C=O) groups excluding carboxylic acids is 1. The van der Waals surface area contributed by atoms with E-state index in [1.54, 1.807) is 6.92 Å². The fourth-order valence-electron chi connectivity index (χ4n) is 2.17. The first-order valence-electron chi connectivity index (χ1n) is 5.09. The molecule has 4 nitrogen and oxygen atoms in total. The molecule has 1 N–H and O–H groups in total. The van der Waals surface area contributed by atoms with Gasteiger partial charge in [0, 0.05) is 22.7 Å². The van der Waals surface area contributed by atoms with E-state index in [1.165, 1.54) is 0 Å². The van der Waals surface area contributed by atoms with Crippen LogP contribution in [-0.4, -0.2) is 17.6 Å². The molecule has 0 spiro atoms. The minimum Gasteiger partial charge on any atom is -0.454 e. The first-order chi connectivity index (χ1) is 7.66. The summed E-state index contributed by atoms with van der Waals surface area (Å²) < 4.78 is 10.6. The highest BCUT2D eigenvalue weighted by atomic mass is 16.7. The zero-order valence-corrected chi connectivity index (χ0v) is 9.09. The largest absolute Gasteiger partial charge is 0.454 e. The third kappa shape index (κ3) is 1.13. The maximum atomic E-state index is 11.5. The van der Waals surface area contributed by atoms with Gasteiger partial charge in [-0.05, 0) is 19.9 Å². The summed E-state index contributed by atoms with van der Waals surface area (Å²) in [4.78, 5) is 14.7. The Morgan fingerprint density at radius 1 is 1.31 bits per heavy atom. The molecule has 0 saturated heterocycles. The second-order valence-corrected chi connectivity index (χ2v) is 3.93. The number of hydrogen-bond acceptors (Lipinski definition) is 3. The predicted octanol–water partition coefficient (Wildman–Crippen LogP) is 2.41. The van der Waals surface area contributed by atoms with Crippen LogP contribution in [0.2, 0.25) is 0 Å². The molecule has 4 heteroatoms. The van der Waals surface area contributed by atoms with Gasteiger partial charge in [0.2, 0.25) is 6.79 Å². The molecule has 2 heterocycles. The molecule has 1 aromatic heterocycles. The summed E-state index contributed by atoms with van der Waals surface area (Å²) >= 11 is 0. The standard InChI is InChI=1S/C12H11NO3/c1-6-12(7(2)14)8-3-10-11(16-5-15-10)4-9(8)13-6/h3-4,13H,5H2,1-2H3. The monoisotopic (exact) mass is 217 g/mol. The highest BCUT2D eigenvalue weighted by Crippen LogP contribution is 2.37. The molecule has 3 rings (SSSR count). The first kappa shape index (κ1) is 9.27. The molecule has 0 aliphatic carbocycles. The van der Waals surface area contributed by atoms with Crippen LogP contribution in [0.15, 0.2) is 12.1 Å². The van der Waals surface area contributed by atoms with Crippen molar-refractivity contribution in [1.29, 1.82) is 0 Å². The highest BCUT2D eigenvalue weighted by Gasteiger charge is 2.19. The Hall–Kier alpha value is -1.97. The van der Waals surface area contributed by atoms with Crippen molar-refractivity contribution in [1.82, 2.24) is 4.98 Å². The Kier molecular flexibility index (Phi) is 1.74. The van der Waals surface area contributed by atoms with Crippen LogP contribution in [0.3, 0.4) is 0 Å². The average Bonchev–Trinajstić information content (AvgIpc) is 2.75. The summed E-state index contributed by atoms with van der Waals surface area (Å²) in [5.74, 6) is 1.49. The fraction of sp³-hybridized carbons (Fsp3) is 0.250. The number of aryl methyl sites for hydroxylation is 1. The molecule has 82 valence electrons. The fourth-order valence-corrected chi connectivity index (χ4v) is 2.17. The van der Waals surface area contributed by atoms with E-state index in [-0.39, 0.29) is 12.6 Å². The van der Waals surface area contributed by atoms with E-state index < -0.39 is 0 Å². The maximum absolute atomic E-state index is 11.5. The number of hydrogen-bond donors (Lipinski definition) is 1. The summed E-state index contributed by atoms with van der Waals surface area (Å²) in [5, 5.41) is 0.897. The summed E-state index contributed by atoms with van der Waals surface area (Å²) in [6.07, 6.45) is 0. The Labute approximate surface area is 92.2 Å². The number of ketones is 1. The number of Topliss-reactive ketones (excluding diaryl/α,β-unsaturated/α-hetero) is 1. The number of H-pyrrole nitrogens is 1. The van der Waals surface area contributed by atoms with Gasteiger partial charge in [-0.3, -0.25) is 4.79 Å². The third-order valence-electron chi connectivity index (χ3n) is 2.83. The molecule has 0 amide bonds. The van der Waals surface area contributed by atoms with Crippen molar-refractivity contribution in [2.24, 2.45) is 0 Å². The lowest BCUT2D eigenvalue weighted by Gasteiger charge is -1.97. The van der Waals surface area contributed by atoms with Crippen LogP contribution >= 0.6 is 0 Å². The predicted molar refractivity (Wildman–Crippen MR) is 59.2 cm³/mol. The topological polar surface area (TPSA) is 51.3 Å². The van der Waals surface area contributed by atoms with E-state index in [2.05, 4.69) is 4.98 Å². The van der Waals surface area contributed by atoms with Crippen molar-refractivity contribution in [3.05, 3.63) is 23.4 Å². The van der Waals surface area contributed by atoms with Gasteiger partial charge in [-0.15, -0.1) is 0 Å². The second-order valence-electron chi connectivity index (χ2n) is 3.93. The molecular weight excluding hydrogens is 206 g/mol. The van der Waals surface area contributed by atoms with Crippen LogP contribution in [0.1, 0.15) is 23.0 Å². The lowest BCUT2D eigenvalue weighted by Crippen LogP contribution is -1.93. The van der Waals surface area contributed by atoms with Crippen molar-refractivity contribution < 1.29 is 14.3 Å². The molecule has 0 fully saturated rings. The summed E-state index contributed by atoms with van der Waals surface area (Å²) in [5.41, 5.74) is 2.52. The van der Waals surface area contributed by atoms with Gasteiger partial charge in [-0.1, -0.05) is 0 Å². The van der Waals surface area contributed by atoms with Crippen LogP contribution in [0, 0.1) is 6.92 Å². The number of aromatic amines is 1. The van der Waals surface area contributed by atoms with Gasteiger partial charge in [-0.25, -0.2) is 0 Å². The Bertz CT molecular complexity index is 598. The molecule has 0 atom stereocenters. The number of ether oxygens (including phenoxy) is 2. The van der Waals surface area contributed by atoms with Crippen LogP contribution in [0.4, 0.5) is 0 Å². The number of rotatable bonds is 1. The number of nitrogens with one attached hydrogen (secondary N) is 1. The summed E-state index contributed by atoms with van der Waals surface area (Å²) in [6, 6.07) is 3.73. The van der Waals surface area contributed by atoms with Crippen LogP contribution in [0.25, 0.3) is 10.9 Å². The minimum atomic E-state index is 0.0580. The zero-order chi connectivity index (χ0) is 11.3. The Morgan fingerprint density at radius 2 is 2.00 bits per heavy atom. The molecule has 0 bridgehead atoms. The summed E-state index contributed by atoms with van der Waals surface area (Å²) in [6.45, 7) is 3.71. The van der Waals surface area contributed by atoms with Crippen LogP contribution < -0.4 is 9.47 Å². The van der Waals surface area contributed by atoms with Crippen molar-refractivity contribution in [3.63, 3.8) is 0 Å². The van der Waals surface area contributed by atoms with Crippen LogP contribution in [-0.2, 0) is 0 Å². The lowest BCUT2D eigenvalue weighted by molar-refractivity contribution is 0.101. The molecule has 2 aromatic rings. The smallest absolute Gasteiger partial charge is 0.231 e. The second kappa shape index (κ2) is 3.01. The van der Waals surface area contributed by atoms with Crippen molar-refractivity contribution in [2.45, 2.75) is 13.8 Å². The third-order valence-corrected chi connectivity index (χ3v) is 2.83. The summed E-state index contributed by atoms with van der Waals surface area (Å²) in [7, 11) is 0. The normalized spacial score (nSPS) is 13.4. The Morgan fingerprint density at radius 3 is 2.69 bits per heavy atom. The molecular formula is C12H11NO3. The molecule has 16 heavy (non-hydrogen) atoms. The number of fused-ring (bicyclic) bond motifs is 2. The van der Waals surface area contributed by atoms with Crippen molar-refractivity contribution >= 4 is 16.7 Å². The van der Waals surface area contributed by atoms with E-state index in [4.69, 9.17) is 9.47 Å². The van der Waals surface area contributed by atoms with E-state index >= 15 is 0 Å². The first-order valence-corrected chi connectivity index (χ1v) is 5.09. The molecule has 0 unspecified atom stereocenters. The zero-order valence-electron chi connectivity index (χ0n) is 9.09. The van der Waals surface area contributed by atoms with Gasteiger partial charge in [0.1, 0.15) is 0 Å². The van der Waals surface area contributed by atoms with Gasteiger partial charge in [-0.2, -0.15) is 0 Å². The van der Waals surface area contributed by atoms with Gasteiger partial charge < -0.3 is 14.5 Å². The average molecular weight is 217 g/mol. The van der Waals surface area contributed by atoms with E-state index in [1.807, 2.05) is 19.1 Å². The molecule has 1 aliphatic heterocycles. The minimum absolute atomic E-state index is 0.0580. The molecule has 1 aliphatic rings. The number of carbonyl (C=O) groups is 1. The molecule has 1 aromatic carbocycles. The molecule has 0 radical (unpaired) electrons. The van der Waals surface area contributed by atoms with E-state index in [0.717, 1.165) is 27.9 Å². The van der Waals surface area contributed by atoms with Gasteiger partial charge >= 0.3 is 0 Å². The quantitative estimate of drug-likeness (QED) is 0.746. The van der Waals surface area contributed by atoms with Crippen LogP contribution in [0.5, 0.6) is 11.5 Å². The molecule has 0 saturated carbocycles. The Balaban J connectivity index is 2.36. The van der Waals surface area contributed by atoms with Gasteiger partial charge in [0.05, 0.1) is 5.52 Å². The van der Waals surface area contributed by atoms with Crippen molar-refractivity contribution in [2.75, 3.05) is 6.79 Å². The SMILES string of the molecule is CC(=O)c1c(C)[nH]c2cc3c(cc12)OCO3. The van der Waals surface area contributed by atoms with Gasteiger partial charge in [0.25, 0.3) is 0 Å². The number of aromatic nitrogens is 1. The lowest BCUT2D eigenvalue weighted by atomic mass is 10.1. The highest BCUT2D eigenvalue weighted by molar-refractivity contribution is 6.08. The van der Waals surface area contributed by atoms with E-state index in [9.17, 15) is 4.79 Å². The van der Waals surface area contributed by atoms with Crippen molar-refractivity contribution in [3.8, 4) is 11.5 Å². The van der Waals surface area contributed by atoms with E-state index in [0.29, 0.717) is 5.75 Å².